The standard InChI is InChI=1S/C10H14N2/c1-2-8-3-4-12-10(5-8)9-6-11-7-9/h3-5,9,11H,2,6-7H2,1H3. The van der Waals surface area contributed by atoms with Gasteiger partial charge in [-0.2, -0.15) is 0 Å². The first-order valence-electron chi connectivity index (χ1n) is 4.55. The first-order valence-corrected chi connectivity index (χ1v) is 4.55. The molecule has 64 valence electrons. The topological polar surface area (TPSA) is 24.9 Å². The maximum atomic E-state index is 4.37. The Kier molecular flexibility index (Phi) is 2.09. The van der Waals surface area contributed by atoms with Gasteiger partial charge in [0.1, 0.15) is 0 Å². The fraction of sp³-hybridized carbons (Fsp3) is 0.500. The Morgan fingerprint density at radius 3 is 3.00 bits per heavy atom. The molecule has 0 atom stereocenters. The number of hydrogen-bond donors (Lipinski definition) is 1. The van der Waals surface area contributed by atoms with Crippen LogP contribution >= 0.6 is 0 Å². The number of nitrogens with zero attached hydrogens (tertiary/aromatic N) is 1. The third kappa shape index (κ3) is 1.34. The van der Waals surface area contributed by atoms with E-state index in [4.69, 9.17) is 0 Å². The molecule has 1 aromatic heterocycles. The van der Waals surface area contributed by atoms with E-state index in [1.165, 1.54) is 11.3 Å². The van der Waals surface area contributed by atoms with Gasteiger partial charge < -0.3 is 5.32 Å². The van der Waals surface area contributed by atoms with Gasteiger partial charge in [-0.1, -0.05) is 6.92 Å². The van der Waals surface area contributed by atoms with Crippen LogP contribution in [-0.2, 0) is 6.42 Å². The Bertz CT molecular complexity index is 266. The first kappa shape index (κ1) is 7.74. The van der Waals surface area contributed by atoms with Gasteiger partial charge >= 0.3 is 0 Å². The molecule has 0 radical (unpaired) electrons. The molecule has 2 heterocycles. The SMILES string of the molecule is CCc1ccnc(C2CNC2)c1. The van der Waals surface area contributed by atoms with E-state index in [0.717, 1.165) is 19.5 Å². The molecule has 1 fully saturated rings. The largest absolute Gasteiger partial charge is 0.315 e. The summed E-state index contributed by atoms with van der Waals surface area (Å²) in [5.74, 6) is 0.663. The molecule has 2 rings (SSSR count). The van der Waals surface area contributed by atoms with Crippen LogP contribution in [-0.4, -0.2) is 18.1 Å². The van der Waals surface area contributed by atoms with Gasteiger partial charge in [0.15, 0.2) is 0 Å². The number of aryl methyl sites for hydroxylation is 1. The van der Waals surface area contributed by atoms with E-state index in [0.29, 0.717) is 5.92 Å². The van der Waals surface area contributed by atoms with Crippen LogP contribution in [0.1, 0.15) is 24.1 Å². The molecule has 0 amide bonds. The number of hydrogen-bond acceptors (Lipinski definition) is 2. The molecule has 1 aromatic rings. The van der Waals surface area contributed by atoms with Gasteiger partial charge in [-0.25, -0.2) is 0 Å². The quantitative estimate of drug-likeness (QED) is 0.709. The number of pyridine rings is 1. The van der Waals surface area contributed by atoms with Crippen LogP contribution in [0.15, 0.2) is 18.3 Å². The van der Waals surface area contributed by atoms with Gasteiger partial charge in [0.05, 0.1) is 0 Å². The molecule has 0 saturated carbocycles. The molecular formula is C10H14N2. The Labute approximate surface area is 73.0 Å². The summed E-state index contributed by atoms with van der Waals surface area (Å²) in [6, 6.07) is 4.32. The van der Waals surface area contributed by atoms with Crippen LogP contribution in [0.4, 0.5) is 0 Å². The lowest BCUT2D eigenvalue weighted by atomic mass is 9.97. The van der Waals surface area contributed by atoms with Crippen molar-refractivity contribution in [2.75, 3.05) is 13.1 Å². The molecule has 0 spiro atoms. The number of aromatic nitrogens is 1. The molecule has 0 aliphatic carbocycles. The molecular weight excluding hydrogens is 148 g/mol. The Morgan fingerprint density at radius 1 is 1.58 bits per heavy atom. The molecule has 1 N–H and O–H groups in total. The Balaban J connectivity index is 2.19. The molecule has 0 bridgehead atoms. The molecule has 0 unspecified atom stereocenters. The number of nitrogens with one attached hydrogen (secondary N) is 1. The fourth-order valence-electron chi connectivity index (χ4n) is 1.44. The molecule has 2 nitrogen and oxygen atoms in total. The van der Waals surface area contributed by atoms with Crippen molar-refractivity contribution in [1.82, 2.24) is 10.3 Å². The van der Waals surface area contributed by atoms with Gasteiger partial charge in [-0.3, -0.25) is 4.98 Å². The van der Waals surface area contributed by atoms with Crippen LogP contribution in [0.5, 0.6) is 0 Å². The highest BCUT2D eigenvalue weighted by atomic mass is 15.0. The van der Waals surface area contributed by atoms with Crippen molar-refractivity contribution in [3.05, 3.63) is 29.6 Å². The summed E-state index contributed by atoms with van der Waals surface area (Å²) in [4.78, 5) is 4.37. The monoisotopic (exact) mass is 162 g/mol. The second-order valence-electron chi connectivity index (χ2n) is 3.30. The summed E-state index contributed by atoms with van der Waals surface area (Å²) in [5, 5.41) is 3.26. The third-order valence-electron chi connectivity index (χ3n) is 2.45. The van der Waals surface area contributed by atoms with Crippen molar-refractivity contribution in [2.24, 2.45) is 0 Å². The summed E-state index contributed by atoms with van der Waals surface area (Å²) in [5.41, 5.74) is 2.65. The van der Waals surface area contributed by atoms with E-state index in [1.807, 2.05) is 6.20 Å². The minimum Gasteiger partial charge on any atom is -0.315 e. The zero-order valence-electron chi connectivity index (χ0n) is 7.38. The highest BCUT2D eigenvalue weighted by Gasteiger charge is 2.19. The normalized spacial score (nSPS) is 17.4. The molecule has 12 heavy (non-hydrogen) atoms. The van der Waals surface area contributed by atoms with Gasteiger partial charge in [0.2, 0.25) is 0 Å². The minimum atomic E-state index is 0.663. The van der Waals surface area contributed by atoms with E-state index in [-0.39, 0.29) is 0 Å². The average Bonchev–Trinajstić information content (AvgIpc) is 2.02. The van der Waals surface area contributed by atoms with Gasteiger partial charge in [-0.05, 0) is 24.1 Å². The molecule has 0 aromatic carbocycles. The lowest BCUT2D eigenvalue weighted by molar-refractivity contribution is 0.439. The summed E-state index contributed by atoms with van der Waals surface area (Å²) < 4.78 is 0. The minimum absolute atomic E-state index is 0.663. The van der Waals surface area contributed by atoms with Crippen molar-refractivity contribution in [3.63, 3.8) is 0 Å². The van der Waals surface area contributed by atoms with Crippen LogP contribution in [0.3, 0.4) is 0 Å². The predicted molar refractivity (Wildman–Crippen MR) is 49.2 cm³/mol. The van der Waals surface area contributed by atoms with E-state index < -0.39 is 0 Å². The number of rotatable bonds is 2. The maximum absolute atomic E-state index is 4.37. The van der Waals surface area contributed by atoms with Gasteiger partial charge in [-0.15, -0.1) is 0 Å². The molecule has 2 heteroatoms. The van der Waals surface area contributed by atoms with Gasteiger partial charge in [0.25, 0.3) is 0 Å². The average molecular weight is 162 g/mol. The van der Waals surface area contributed by atoms with E-state index >= 15 is 0 Å². The zero-order chi connectivity index (χ0) is 8.39. The molecule has 1 saturated heterocycles. The van der Waals surface area contributed by atoms with Crippen molar-refractivity contribution >= 4 is 0 Å². The summed E-state index contributed by atoms with van der Waals surface area (Å²) >= 11 is 0. The maximum Gasteiger partial charge on any atom is 0.0462 e. The second-order valence-corrected chi connectivity index (χ2v) is 3.30. The van der Waals surface area contributed by atoms with Crippen molar-refractivity contribution in [1.29, 1.82) is 0 Å². The third-order valence-corrected chi connectivity index (χ3v) is 2.45. The molecule has 1 aliphatic heterocycles. The van der Waals surface area contributed by atoms with Crippen molar-refractivity contribution in [2.45, 2.75) is 19.3 Å². The summed E-state index contributed by atoms with van der Waals surface area (Å²) in [6.07, 6.45) is 3.03. The lowest BCUT2D eigenvalue weighted by Crippen LogP contribution is -2.40. The smallest absolute Gasteiger partial charge is 0.0462 e. The Hall–Kier alpha value is -0.890. The van der Waals surface area contributed by atoms with E-state index in [2.05, 4.69) is 29.4 Å². The highest BCUT2D eigenvalue weighted by molar-refractivity contribution is 5.21. The lowest BCUT2D eigenvalue weighted by Gasteiger charge is -2.26. The fourth-order valence-corrected chi connectivity index (χ4v) is 1.44. The summed E-state index contributed by atoms with van der Waals surface area (Å²) in [6.45, 7) is 4.37. The zero-order valence-corrected chi connectivity index (χ0v) is 7.38. The Morgan fingerprint density at radius 2 is 2.42 bits per heavy atom. The summed E-state index contributed by atoms with van der Waals surface area (Å²) in [7, 11) is 0. The van der Waals surface area contributed by atoms with Crippen molar-refractivity contribution in [3.8, 4) is 0 Å². The highest BCUT2D eigenvalue weighted by Crippen LogP contribution is 2.18. The van der Waals surface area contributed by atoms with Gasteiger partial charge in [0, 0.05) is 30.9 Å². The second kappa shape index (κ2) is 3.23. The van der Waals surface area contributed by atoms with Crippen LogP contribution in [0, 0.1) is 0 Å². The van der Waals surface area contributed by atoms with E-state index in [9.17, 15) is 0 Å². The van der Waals surface area contributed by atoms with Crippen molar-refractivity contribution < 1.29 is 0 Å². The molecule has 1 aliphatic rings. The van der Waals surface area contributed by atoms with Crippen LogP contribution in [0.2, 0.25) is 0 Å². The first-order chi connectivity index (χ1) is 5.90. The van der Waals surface area contributed by atoms with E-state index in [1.54, 1.807) is 0 Å². The van der Waals surface area contributed by atoms with Crippen LogP contribution in [0.25, 0.3) is 0 Å². The van der Waals surface area contributed by atoms with Crippen LogP contribution < -0.4 is 5.32 Å². The predicted octanol–water partition coefficient (Wildman–Crippen LogP) is 1.33.